The van der Waals surface area contributed by atoms with E-state index in [9.17, 15) is 14.9 Å². The number of rotatable bonds is 10. The maximum Gasteiger partial charge on any atom is 0.275 e. The van der Waals surface area contributed by atoms with Crippen LogP contribution in [0.3, 0.4) is 0 Å². The zero-order valence-corrected chi connectivity index (χ0v) is 13.8. The number of carbonyl (C=O) groups is 1. The van der Waals surface area contributed by atoms with Crippen LogP contribution in [0.4, 0.5) is 5.69 Å². The smallest absolute Gasteiger partial charge is 0.275 e. The van der Waals surface area contributed by atoms with Gasteiger partial charge in [-0.3, -0.25) is 14.9 Å². The molecule has 128 valence electrons. The van der Waals surface area contributed by atoms with Gasteiger partial charge in [0.1, 0.15) is 0 Å². The first-order chi connectivity index (χ1) is 11.0. The van der Waals surface area contributed by atoms with Crippen molar-refractivity contribution in [1.29, 1.82) is 0 Å². The standard InChI is InChI=1S/C16H24N2O5/c1-4-23-9-5-6-16(19)17-11-13-7-8-15(18(20)21)14(10-13)12(2)22-3/h7-8,10,12H,4-6,9,11H2,1-3H3,(H,17,19). The number of hydrogen-bond acceptors (Lipinski definition) is 5. The van der Waals surface area contributed by atoms with E-state index in [2.05, 4.69) is 5.32 Å². The molecular weight excluding hydrogens is 300 g/mol. The van der Waals surface area contributed by atoms with Crippen LogP contribution in [0.5, 0.6) is 0 Å². The summed E-state index contributed by atoms with van der Waals surface area (Å²) in [5.74, 6) is -0.0654. The van der Waals surface area contributed by atoms with E-state index in [0.717, 1.165) is 5.56 Å². The van der Waals surface area contributed by atoms with Crippen LogP contribution in [0, 0.1) is 10.1 Å². The minimum absolute atomic E-state index is 0.0196. The Morgan fingerprint density at radius 3 is 2.78 bits per heavy atom. The van der Waals surface area contributed by atoms with E-state index < -0.39 is 11.0 Å². The van der Waals surface area contributed by atoms with Crippen molar-refractivity contribution >= 4 is 11.6 Å². The Kier molecular flexibility index (Phi) is 8.21. The van der Waals surface area contributed by atoms with E-state index in [1.54, 1.807) is 19.1 Å². The molecule has 0 saturated heterocycles. The third-order valence-corrected chi connectivity index (χ3v) is 3.47. The molecule has 7 heteroatoms. The quantitative estimate of drug-likeness (QED) is 0.406. The fourth-order valence-corrected chi connectivity index (χ4v) is 2.10. The second-order valence-electron chi connectivity index (χ2n) is 5.11. The predicted octanol–water partition coefficient (Wildman–Crippen LogP) is 2.74. The molecule has 1 aromatic rings. The molecule has 0 aliphatic rings. The zero-order valence-electron chi connectivity index (χ0n) is 13.8. The molecule has 1 N–H and O–H groups in total. The molecule has 0 aliphatic carbocycles. The largest absolute Gasteiger partial charge is 0.382 e. The van der Waals surface area contributed by atoms with Crippen molar-refractivity contribution < 1.29 is 19.2 Å². The molecular formula is C16H24N2O5. The average Bonchev–Trinajstić information content (AvgIpc) is 2.55. The van der Waals surface area contributed by atoms with Crippen LogP contribution in [0.25, 0.3) is 0 Å². The van der Waals surface area contributed by atoms with E-state index >= 15 is 0 Å². The van der Waals surface area contributed by atoms with Crippen molar-refractivity contribution in [2.24, 2.45) is 0 Å². The number of methoxy groups -OCH3 is 1. The van der Waals surface area contributed by atoms with Crippen molar-refractivity contribution in [3.63, 3.8) is 0 Å². The molecule has 0 aromatic heterocycles. The third kappa shape index (κ3) is 6.33. The molecule has 0 radical (unpaired) electrons. The number of hydrogen-bond donors (Lipinski definition) is 1. The van der Waals surface area contributed by atoms with Crippen LogP contribution in [0.1, 0.15) is 43.9 Å². The number of carbonyl (C=O) groups excluding carboxylic acids is 1. The van der Waals surface area contributed by atoms with E-state index in [4.69, 9.17) is 9.47 Å². The minimum Gasteiger partial charge on any atom is -0.382 e. The van der Waals surface area contributed by atoms with Gasteiger partial charge in [-0.15, -0.1) is 0 Å². The van der Waals surface area contributed by atoms with Crippen LogP contribution in [0.15, 0.2) is 18.2 Å². The van der Waals surface area contributed by atoms with Gasteiger partial charge < -0.3 is 14.8 Å². The fourth-order valence-electron chi connectivity index (χ4n) is 2.10. The van der Waals surface area contributed by atoms with Crippen LogP contribution < -0.4 is 5.32 Å². The maximum absolute atomic E-state index is 11.7. The SMILES string of the molecule is CCOCCCC(=O)NCc1ccc([N+](=O)[O-])c(C(C)OC)c1. The van der Waals surface area contributed by atoms with Gasteiger partial charge >= 0.3 is 0 Å². The first kappa shape index (κ1) is 19.1. The summed E-state index contributed by atoms with van der Waals surface area (Å²) in [5, 5.41) is 13.9. The third-order valence-electron chi connectivity index (χ3n) is 3.47. The lowest BCUT2D eigenvalue weighted by atomic mass is 10.0. The van der Waals surface area contributed by atoms with Crippen molar-refractivity contribution in [2.75, 3.05) is 20.3 Å². The molecule has 23 heavy (non-hydrogen) atoms. The second kappa shape index (κ2) is 9.91. The van der Waals surface area contributed by atoms with Gasteiger partial charge in [0.2, 0.25) is 5.91 Å². The lowest BCUT2D eigenvalue weighted by Gasteiger charge is -2.12. The molecule has 0 bridgehead atoms. The molecule has 0 spiro atoms. The Balaban J connectivity index is 2.63. The van der Waals surface area contributed by atoms with Crippen molar-refractivity contribution in [1.82, 2.24) is 5.32 Å². The summed E-state index contributed by atoms with van der Waals surface area (Å²) >= 11 is 0. The predicted molar refractivity (Wildman–Crippen MR) is 86.1 cm³/mol. The summed E-state index contributed by atoms with van der Waals surface area (Å²) in [7, 11) is 1.50. The molecule has 1 aromatic carbocycles. The zero-order chi connectivity index (χ0) is 17.2. The number of nitrogens with one attached hydrogen (secondary N) is 1. The summed E-state index contributed by atoms with van der Waals surface area (Å²) in [6, 6.07) is 4.79. The maximum atomic E-state index is 11.7. The Labute approximate surface area is 136 Å². The van der Waals surface area contributed by atoms with Gasteiger partial charge in [-0.1, -0.05) is 6.07 Å². The lowest BCUT2D eigenvalue weighted by molar-refractivity contribution is -0.386. The van der Waals surface area contributed by atoms with Gasteiger partial charge in [-0.2, -0.15) is 0 Å². The van der Waals surface area contributed by atoms with Gasteiger partial charge in [0.15, 0.2) is 0 Å². The van der Waals surface area contributed by atoms with Crippen LogP contribution in [-0.2, 0) is 20.8 Å². The summed E-state index contributed by atoms with van der Waals surface area (Å²) in [4.78, 5) is 22.4. The number of nitrogens with zero attached hydrogens (tertiary/aromatic N) is 1. The molecule has 0 aliphatic heterocycles. The Hall–Kier alpha value is -1.99. The van der Waals surface area contributed by atoms with E-state index in [-0.39, 0.29) is 11.6 Å². The van der Waals surface area contributed by atoms with Gasteiger partial charge in [0, 0.05) is 39.4 Å². The molecule has 1 amide bonds. The number of amides is 1. The monoisotopic (exact) mass is 324 g/mol. The lowest BCUT2D eigenvalue weighted by Crippen LogP contribution is -2.23. The number of nitro groups is 1. The summed E-state index contributed by atoms with van der Waals surface area (Å²) in [5.41, 5.74) is 1.32. The first-order valence-electron chi connectivity index (χ1n) is 7.64. The summed E-state index contributed by atoms with van der Waals surface area (Å²) < 4.78 is 10.4. The normalized spacial score (nSPS) is 12.0. The highest BCUT2D eigenvalue weighted by Crippen LogP contribution is 2.28. The Morgan fingerprint density at radius 1 is 1.43 bits per heavy atom. The van der Waals surface area contributed by atoms with Crippen LogP contribution >= 0.6 is 0 Å². The van der Waals surface area contributed by atoms with Crippen molar-refractivity contribution in [2.45, 2.75) is 39.3 Å². The highest BCUT2D eigenvalue weighted by Gasteiger charge is 2.19. The van der Waals surface area contributed by atoms with Gasteiger partial charge in [-0.05, 0) is 31.9 Å². The molecule has 0 fully saturated rings. The van der Waals surface area contributed by atoms with Crippen LogP contribution in [-0.4, -0.2) is 31.2 Å². The van der Waals surface area contributed by atoms with Gasteiger partial charge in [0.05, 0.1) is 16.6 Å². The molecule has 0 saturated carbocycles. The minimum atomic E-state index is -0.430. The number of nitro benzene ring substituents is 1. The van der Waals surface area contributed by atoms with E-state index in [0.29, 0.717) is 38.2 Å². The van der Waals surface area contributed by atoms with Crippen LogP contribution in [0.2, 0.25) is 0 Å². The Bertz CT molecular complexity index is 533. The van der Waals surface area contributed by atoms with Gasteiger partial charge in [0.25, 0.3) is 5.69 Å². The Morgan fingerprint density at radius 2 is 2.17 bits per heavy atom. The summed E-state index contributed by atoms with van der Waals surface area (Å²) in [6.07, 6.45) is 0.678. The average molecular weight is 324 g/mol. The molecule has 1 unspecified atom stereocenters. The van der Waals surface area contributed by atoms with E-state index in [1.807, 2.05) is 6.92 Å². The van der Waals surface area contributed by atoms with Crippen molar-refractivity contribution in [3.05, 3.63) is 39.4 Å². The highest BCUT2D eigenvalue weighted by atomic mass is 16.6. The molecule has 1 rings (SSSR count). The van der Waals surface area contributed by atoms with Gasteiger partial charge in [-0.25, -0.2) is 0 Å². The highest BCUT2D eigenvalue weighted by molar-refractivity contribution is 5.75. The van der Waals surface area contributed by atoms with E-state index in [1.165, 1.54) is 13.2 Å². The topological polar surface area (TPSA) is 90.7 Å². The summed E-state index contributed by atoms with van der Waals surface area (Å²) in [6.45, 7) is 5.20. The fraction of sp³-hybridized carbons (Fsp3) is 0.562. The number of benzene rings is 1. The van der Waals surface area contributed by atoms with Crippen molar-refractivity contribution in [3.8, 4) is 0 Å². The first-order valence-corrected chi connectivity index (χ1v) is 7.64. The molecule has 1 atom stereocenters. The number of ether oxygens (including phenoxy) is 2. The molecule has 0 heterocycles. The molecule has 7 nitrogen and oxygen atoms in total. The second-order valence-corrected chi connectivity index (χ2v) is 5.11.